The van der Waals surface area contributed by atoms with E-state index in [4.69, 9.17) is 0 Å². The van der Waals surface area contributed by atoms with Crippen molar-refractivity contribution in [1.29, 1.82) is 0 Å². The Kier molecular flexibility index (Phi) is 6.18. The van der Waals surface area contributed by atoms with Crippen LogP contribution in [0.1, 0.15) is 36.3 Å². The van der Waals surface area contributed by atoms with Crippen molar-refractivity contribution in [2.45, 2.75) is 25.1 Å². The lowest BCUT2D eigenvalue weighted by atomic mass is 10.1. The van der Waals surface area contributed by atoms with E-state index in [1.54, 1.807) is 31.2 Å². The summed E-state index contributed by atoms with van der Waals surface area (Å²) < 4.78 is 25.8. The third kappa shape index (κ3) is 4.92. The minimum atomic E-state index is -3.57. The summed E-state index contributed by atoms with van der Waals surface area (Å²) in [6.07, 6.45) is 0. The van der Waals surface area contributed by atoms with Crippen LogP contribution in [-0.4, -0.2) is 20.1 Å². The third-order valence-electron chi connectivity index (χ3n) is 3.89. The number of hydrogen-bond donors (Lipinski definition) is 1. The lowest BCUT2D eigenvalue weighted by Gasteiger charge is -2.17. The molecule has 0 heterocycles. The first-order valence-corrected chi connectivity index (χ1v) is 10.1. The second kappa shape index (κ2) is 7.94. The summed E-state index contributed by atoms with van der Waals surface area (Å²) >= 11 is 3.36. The topological polar surface area (TPSA) is 63.2 Å². The van der Waals surface area contributed by atoms with Gasteiger partial charge in [-0.25, -0.2) is 8.42 Å². The fourth-order valence-corrected chi connectivity index (χ4v) is 3.89. The monoisotopic (exact) mass is 409 g/mol. The van der Waals surface area contributed by atoms with E-state index in [1.807, 2.05) is 37.3 Å². The fraction of sp³-hybridized carbons (Fsp3) is 0.278. The minimum Gasteiger partial charge on any atom is -0.349 e. The Labute approximate surface area is 151 Å². The summed E-state index contributed by atoms with van der Waals surface area (Å²) in [7, 11) is -3.57. The largest absolute Gasteiger partial charge is 0.349 e. The van der Waals surface area contributed by atoms with Crippen LogP contribution in [0.25, 0.3) is 0 Å². The Hall–Kier alpha value is -1.66. The van der Waals surface area contributed by atoms with Crippen LogP contribution in [0, 0.1) is 0 Å². The number of nitrogens with one attached hydrogen (secondary N) is 1. The van der Waals surface area contributed by atoms with Gasteiger partial charge in [-0.15, -0.1) is 0 Å². The highest BCUT2D eigenvalue weighted by Gasteiger charge is 2.26. The van der Waals surface area contributed by atoms with Gasteiger partial charge in [-0.05, 0) is 37.1 Å². The molecule has 128 valence electrons. The molecule has 6 heteroatoms. The van der Waals surface area contributed by atoms with Crippen molar-refractivity contribution in [2.24, 2.45) is 0 Å². The predicted molar refractivity (Wildman–Crippen MR) is 99.3 cm³/mol. The molecule has 4 nitrogen and oxygen atoms in total. The number of benzene rings is 2. The van der Waals surface area contributed by atoms with Crippen LogP contribution >= 0.6 is 15.9 Å². The molecule has 0 bridgehead atoms. The Morgan fingerprint density at radius 1 is 1.00 bits per heavy atom. The Bertz CT molecular complexity index is 789. The maximum absolute atomic E-state index is 12.4. The van der Waals surface area contributed by atoms with E-state index in [9.17, 15) is 13.2 Å². The first-order chi connectivity index (χ1) is 11.3. The number of carbonyl (C=O) groups is 1. The van der Waals surface area contributed by atoms with Gasteiger partial charge in [-0.3, -0.25) is 4.79 Å². The maximum Gasteiger partial charge on any atom is 0.235 e. The van der Waals surface area contributed by atoms with Gasteiger partial charge in [-0.1, -0.05) is 58.4 Å². The average Bonchev–Trinajstić information content (AvgIpc) is 2.54. The molecule has 0 fully saturated rings. The smallest absolute Gasteiger partial charge is 0.235 e. The molecule has 24 heavy (non-hydrogen) atoms. The SMILES string of the molecule is CC(NC(=O)CS(=O)(=O)C(C)c1ccccc1)c1ccc(Br)cc1. The number of hydrogen-bond acceptors (Lipinski definition) is 3. The maximum atomic E-state index is 12.4. The zero-order valence-electron chi connectivity index (χ0n) is 13.6. The van der Waals surface area contributed by atoms with Crippen LogP contribution in [0.2, 0.25) is 0 Å². The minimum absolute atomic E-state index is 0.257. The zero-order valence-corrected chi connectivity index (χ0v) is 16.0. The Morgan fingerprint density at radius 3 is 2.17 bits per heavy atom. The molecule has 2 aromatic rings. The van der Waals surface area contributed by atoms with Gasteiger partial charge in [-0.2, -0.15) is 0 Å². The summed E-state index contributed by atoms with van der Waals surface area (Å²) in [4.78, 5) is 12.1. The molecule has 2 rings (SSSR count). The quantitative estimate of drug-likeness (QED) is 0.788. The molecule has 0 radical (unpaired) electrons. The van der Waals surface area contributed by atoms with Gasteiger partial charge in [0.05, 0.1) is 11.3 Å². The molecule has 0 aliphatic carbocycles. The van der Waals surface area contributed by atoms with Crippen LogP contribution in [0.5, 0.6) is 0 Å². The number of rotatable bonds is 6. The lowest BCUT2D eigenvalue weighted by molar-refractivity contribution is -0.119. The van der Waals surface area contributed by atoms with E-state index in [2.05, 4.69) is 21.2 Å². The van der Waals surface area contributed by atoms with Gasteiger partial charge in [0.2, 0.25) is 5.91 Å². The average molecular weight is 410 g/mol. The highest BCUT2D eigenvalue weighted by atomic mass is 79.9. The molecule has 0 saturated heterocycles. The molecular formula is C18H20BrNO3S. The lowest BCUT2D eigenvalue weighted by Crippen LogP contribution is -2.33. The molecule has 1 amide bonds. The van der Waals surface area contributed by atoms with E-state index in [-0.39, 0.29) is 6.04 Å². The first kappa shape index (κ1) is 18.7. The van der Waals surface area contributed by atoms with Crippen molar-refractivity contribution in [3.63, 3.8) is 0 Å². The number of carbonyl (C=O) groups excluding carboxylic acids is 1. The Balaban J connectivity index is 2.01. The van der Waals surface area contributed by atoms with Gasteiger partial charge in [0.1, 0.15) is 5.75 Å². The van der Waals surface area contributed by atoms with E-state index >= 15 is 0 Å². The van der Waals surface area contributed by atoms with Gasteiger partial charge in [0, 0.05) is 4.47 Å². The van der Waals surface area contributed by atoms with Gasteiger partial charge >= 0.3 is 0 Å². The second-order valence-electron chi connectivity index (χ2n) is 5.70. The second-order valence-corrected chi connectivity index (χ2v) is 8.94. The highest BCUT2D eigenvalue weighted by Crippen LogP contribution is 2.22. The van der Waals surface area contributed by atoms with Crippen molar-refractivity contribution in [2.75, 3.05) is 5.75 Å². The molecular weight excluding hydrogens is 390 g/mol. The molecule has 2 aromatic carbocycles. The first-order valence-electron chi connectivity index (χ1n) is 7.61. The van der Waals surface area contributed by atoms with Gasteiger partial charge < -0.3 is 5.32 Å². The Morgan fingerprint density at radius 2 is 1.58 bits per heavy atom. The van der Waals surface area contributed by atoms with Crippen LogP contribution in [0.3, 0.4) is 0 Å². The van der Waals surface area contributed by atoms with E-state index in [0.717, 1.165) is 10.0 Å². The van der Waals surface area contributed by atoms with Crippen LogP contribution in [0.4, 0.5) is 0 Å². The molecule has 0 aliphatic heterocycles. The third-order valence-corrected chi connectivity index (χ3v) is 6.43. The summed E-state index contributed by atoms with van der Waals surface area (Å²) in [5.74, 6) is -1.02. The van der Waals surface area contributed by atoms with Crippen molar-refractivity contribution < 1.29 is 13.2 Å². The zero-order chi connectivity index (χ0) is 17.7. The number of halogens is 1. The van der Waals surface area contributed by atoms with Crippen molar-refractivity contribution in [3.05, 3.63) is 70.2 Å². The van der Waals surface area contributed by atoms with Crippen LogP contribution in [-0.2, 0) is 14.6 Å². The van der Waals surface area contributed by atoms with Gasteiger partial charge in [0.15, 0.2) is 9.84 Å². The number of amides is 1. The van der Waals surface area contributed by atoms with Crippen molar-refractivity contribution in [1.82, 2.24) is 5.32 Å². The van der Waals surface area contributed by atoms with E-state index in [0.29, 0.717) is 5.56 Å². The van der Waals surface area contributed by atoms with E-state index in [1.165, 1.54) is 0 Å². The standard InChI is InChI=1S/C18H20BrNO3S/c1-13(15-8-10-17(19)11-9-15)20-18(21)12-24(22,23)14(2)16-6-4-3-5-7-16/h3-11,13-14H,12H2,1-2H3,(H,20,21). The molecule has 2 atom stereocenters. The van der Waals surface area contributed by atoms with Crippen molar-refractivity contribution >= 4 is 31.7 Å². The highest BCUT2D eigenvalue weighted by molar-refractivity contribution is 9.10. The molecule has 0 aromatic heterocycles. The van der Waals surface area contributed by atoms with Crippen LogP contribution in [0.15, 0.2) is 59.1 Å². The summed E-state index contributed by atoms with van der Waals surface area (Å²) in [6.45, 7) is 3.43. The van der Waals surface area contributed by atoms with Crippen molar-refractivity contribution in [3.8, 4) is 0 Å². The van der Waals surface area contributed by atoms with Gasteiger partial charge in [0.25, 0.3) is 0 Å². The fourth-order valence-electron chi connectivity index (χ4n) is 2.36. The summed E-state index contributed by atoms with van der Waals surface area (Å²) in [6, 6.07) is 16.2. The molecule has 0 aliphatic rings. The summed E-state index contributed by atoms with van der Waals surface area (Å²) in [5.41, 5.74) is 1.60. The van der Waals surface area contributed by atoms with Crippen LogP contribution < -0.4 is 5.32 Å². The number of sulfone groups is 1. The molecule has 0 saturated carbocycles. The molecule has 2 unspecified atom stereocenters. The molecule has 0 spiro atoms. The molecule has 1 N–H and O–H groups in total. The van der Waals surface area contributed by atoms with E-state index < -0.39 is 26.7 Å². The summed E-state index contributed by atoms with van der Waals surface area (Å²) in [5, 5.41) is 2.03. The predicted octanol–water partition coefficient (Wildman–Crippen LogP) is 3.80. The normalized spacial score (nSPS) is 14.0.